The Hall–Kier alpha value is -1.07. The van der Waals surface area contributed by atoms with Gasteiger partial charge in [0.2, 0.25) is 10.0 Å². The van der Waals surface area contributed by atoms with E-state index in [0.29, 0.717) is 13.1 Å². The van der Waals surface area contributed by atoms with Crippen LogP contribution in [0, 0.1) is 6.92 Å². The van der Waals surface area contributed by atoms with Crippen molar-refractivity contribution in [3.63, 3.8) is 0 Å². The zero-order chi connectivity index (χ0) is 15.5. The molecule has 1 aromatic carbocycles. The molecule has 0 saturated carbocycles. The average Bonchev–Trinajstić information content (AvgIpc) is 2.46. The Morgan fingerprint density at radius 3 is 2.43 bits per heavy atom. The van der Waals surface area contributed by atoms with Gasteiger partial charge in [-0.2, -0.15) is 4.31 Å². The molecule has 5 heteroatoms. The molecule has 1 aliphatic heterocycles. The predicted octanol–water partition coefficient (Wildman–Crippen LogP) is 2.64. The molecule has 0 aromatic heterocycles. The van der Waals surface area contributed by atoms with E-state index in [-0.39, 0.29) is 11.8 Å². The van der Waals surface area contributed by atoms with Crippen LogP contribution in [0.1, 0.15) is 32.3 Å². The lowest BCUT2D eigenvalue weighted by Crippen LogP contribution is -2.54. The molecule has 1 aromatic rings. The third-order valence-corrected chi connectivity index (χ3v) is 6.03. The van der Waals surface area contributed by atoms with E-state index in [1.807, 2.05) is 6.92 Å². The topological polar surface area (TPSA) is 40.6 Å². The van der Waals surface area contributed by atoms with Gasteiger partial charge < -0.3 is 4.90 Å². The van der Waals surface area contributed by atoms with Gasteiger partial charge in [-0.1, -0.05) is 31.0 Å². The highest BCUT2D eigenvalue weighted by atomic mass is 32.2. The van der Waals surface area contributed by atoms with E-state index in [9.17, 15) is 8.42 Å². The number of sulfonamides is 1. The number of rotatable bonds is 5. The first-order valence-electron chi connectivity index (χ1n) is 7.75. The summed E-state index contributed by atoms with van der Waals surface area (Å²) in [5.74, 6) is 0.279. The van der Waals surface area contributed by atoms with Crippen LogP contribution in [-0.4, -0.2) is 44.2 Å². The van der Waals surface area contributed by atoms with E-state index >= 15 is 0 Å². The van der Waals surface area contributed by atoms with Crippen LogP contribution >= 0.6 is 0 Å². The van der Waals surface area contributed by atoms with E-state index in [0.717, 1.165) is 19.4 Å². The Kier molecular flexibility index (Phi) is 5.27. The second-order valence-electron chi connectivity index (χ2n) is 5.91. The number of anilines is 1. The first-order valence-corrected chi connectivity index (χ1v) is 9.36. The summed E-state index contributed by atoms with van der Waals surface area (Å²) in [5.41, 5.74) is 2.42. The van der Waals surface area contributed by atoms with Crippen LogP contribution in [0.2, 0.25) is 0 Å². The number of hydrogen-bond donors (Lipinski definition) is 0. The van der Waals surface area contributed by atoms with Crippen molar-refractivity contribution in [1.29, 1.82) is 0 Å². The van der Waals surface area contributed by atoms with Gasteiger partial charge in [-0.05, 0) is 32.4 Å². The third-order valence-electron chi connectivity index (χ3n) is 4.11. The number of unbranched alkanes of at least 4 members (excludes halogenated alkanes) is 1. The van der Waals surface area contributed by atoms with E-state index < -0.39 is 10.0 Å². The highest BCUT2D eigenvalue weighted by Gasteiger charge is 2.30. The summed E-state index contributed by atoms with van der Waals surface area (Å²) in [6, 6.07) is 8.65. The highest BCUT2D eigenvalue weighted by molar-refractivity contribution is 7.89. The second-order valence-corrected chi connectivity index (χ2v) is 7.99. The Bertz CT molecular complexity index is 554. The van der Waals surface area contributed by atoms with E-state index in [4.69, 9.17) is 0 Å². The lowest BCUT2D eigenvalue weighted by Gasteiger charge is -2.40. The van der Waals surface area contributed by atoms with Gasteiger partial charge in [0.05, 0.1) is 5.75 Å². The molecule has 21 heavy (non-hydrogen) atoms. The lowest BCUT2D eigenvalue weighted by molar-refractivity contribution is 0.342. The quantitative estimate of drug-likeness (QED) is 0.839. The van der Waals surface area contributed by atoms with Gasteiger partial charge in [-0.3, -0.25) is 0 Å². The molecule has 2 rings (SSSR count). The van der Waals surface area contributed by atoms with Crippen molar-refractivity contribution in [2.45, 2.75) is 39.7 Å². The summed E-state index contributed by atoms with van der Waals surface area (Å²) >= 11 is 0. The maximum Gasteiger partial charge on any atom is 0.214 e. The van der Waals surface area contributed by atoms with Crippen molar-refractivity contribution in [3.8, 4) is 0 Å². The molecule has 0 amide bonds. The van der Waals surface area contributed by atoms with Crippen molar-refractivity contribution in [1.82, 2.24) is 4.31 Å². The number of hydrogen-bond acceptors (Lipinski definition) is 3. The summed E-state index contributed by atoms with van der Waals surface area (Å²) in [5, 5.41) is 0. The average molecular weight is 310 g/mol. The molecule has 1 fully saturated rings. The normalized spacial score (nSPS) is 20.7. The van der Waals surface area contributed by atoms with E-state index in [1.54, 1.807) is 4.31 Å². The van der Waals surface area contributed by atoms with Gasteiger partial charge in [0.15, 0.2) is 0 Å². The molecular weight excluding hydrogens is 284 g/mol. The van der Waals surface area contributed by atoms with Crippen LogP contribution in [0.3, 0.4) is 0 Å². The molecule has 0 bridgehead atoms. The molecule has 1 aliphatic rings. The van der Waals surface area contributed by atoms with E-state index in [2.05, 4.69) is 43.0 Å². The molecular formula is C16H26N2O2S. The monoisotopic (exact) mass is 310 g/mol. The van der Waals surface area contributed by atoms with Crippen LogP contribution in [0.25, 0.3) is 0 Å². The summed E-state index contributed by atoms with van der Waals surface area (Å²) in [6.07, 6.45) is 1.66. The molecule has 4 nitrogen and oxygen atoms in total. The molecule has 0 radical (unpaired) electrons. The summed E-state index contributed by atoms with van der Waals surface area (Å²) in [6.45, 7) is 8.13. The molecule has 118 valence electrons. The van der Waals surface area contributed by atoms with Gasteiger partial charge in [0, 0.05) is 31.4 Å². The Labute approximate surface area is 128 Å². The lowest BCUT2D eigenvalue weighted by atomic mass is 10.1. The first-order chi connectivity index (χ1) is 9.94. The zero-order valence-corrected chi connectivity index (χ0v) is 14.1. The van der Waals surface area contributed by atoms with Gasteiger partial charge >= 0.3 is 0 Å². The Morgan fingerprint density at radius 1 is 1.19 bits per heavy atom. The SMILES string of the molecule is CCCCS(=O)(=O)N1CCN(c2ccc(C)cc2)[C@H](C)C1. The minimum absolute atomic E-state index is 0.206. The molecule has 1 atom stereocenters. The number of nitrogens with zero attached hydrogens (tertiary/aromatic N) is 2. The Morgan fingerprint density at radius 2 is 1.86 bits per heavy atom. The van der Waals surface area contributed by atoms with Crippen LogP contribution in [-0.2, 0) is 10.0 Å². The number of aryl methyl sites for hydroxylation is 1. The molecule has 0 unspecified atom stereocenters. The maximum absolute atomic E-state index is 12.3. The van der Waals surface area contributed by atoms with Gasteiger partial charge in [-0.25, -0.2) is 8.42 Å². The van der Waals surface area contributed by atoms with Crippen molar-refractivity contribution < 1.29 is 8.42 Å². The number of piperazine rings is 1. The van der Waals surface area contributed by atoms with Crippen molar-refractivity contribution >= 4 is 15.7 Å². The van der Waals surface area contributed by atoms with Crippen LogP contribution < -0.4 is 4.90 Å². The van der Waals surface area contributed by atoms with Crippen LogP contribution in [0.5, 0.6) is 0 Å². The standard InChI is InChI=1S/C16H26N2O2S/c1-4-5-12-21(19,20)17-10-11-18(15(3)13-17)16-8-6-14(2)7-9-16/h6-9,15H,4-5,10-13H2,1-3H3/t15-/m1/s1. The zero-order valence-electron chi connectivity index (χ0n) is 13.2. The summed E-state index contributed by atoms with van der Waals surface area (Å²) in [7, 11) is -3.08. The maximum atomic E-state index is 12.3. The number of benzene rings is 1. The molecule has 0 aliphatic carbocycles. The van der Waals surface area contributed by atoms with Crippen molar-refractivity contribution in [2.24, 2.45) is 0 Å². The van der Waals surface area contributed by atoms with Crippen molar-refractivity contribution in [2.75, 3.05) is 30.3 Å². The second kappa shape index (κ2) is 6.79. The van der Waals surface area contributed by atoms with Gasteiger partial charge in [0.1, 0.15) is 0 Å². The molecule has 0 N–H and O–H groups in total. The largest absolute Gasteiger partial charge is 0.366 e. The minimum Gasteiger partial charge on any atom is -0.366 e. The van der Waals surface area contributed by atoms with Crippen molar-refractivity contribution in [3.05, 3.63) is 29.8 Å². The molecule has 1 heterocycles. The predicted molar refractivity (Wildman–Crippen MR) is 88.3 cm³/mol. The fourth-order valence-corrected chi connectivity index (χ4v) is 4.47. The van der Waals surface area contributed by atoms with Gasteiger partial charge in [0.25, 0.3) is 0 Å². The first kappa shape index (κ1) is 16.3. The van der Waals surface area contributed by atoms with Crippen LogP contribution in [0.15, 0.2) is 24.3 Å². The van der Waals surface area contributed by atoms with Crippen LogP contribution in [0.4, 0.5) is 5.69 Å². The van der Waals surface area contributed by atoms with E-state index in [1.165, 1.54) is 11.3 Å². The molecule has 0 spiro atoms. The molecule has 1 saturated heterocycles. The summed E-state index contributed by atoms with van der Waals surface area (Å²) < 4.78 is 26.2. The third kappa shape index (κ3) is 3.98. The fraction of sp³-hybridized carbons (Fsp3) is 0.625. The fourth-order valence-electron chi connectivity index (χ4n) is 2.75. The van der Waals surface area contributed by atoms with Gasteiger partial charge in [-0.15, -0.1) is 0 Å². The highest BCUT2D eigenvalue weighted by Crippen LogP contribution is 2.22. The smallest absolute Gasteiger partial charge is 0.214 e. The summed E-state index contributed by atoms with van der Waals surface area (Å²) in [4.78, 5) is 2.30. The minimum atomic E-state index is -3.08. The Balaban J connectivity index is 2.03.